The number of thiophene rings is 1. The first-order chi connectivity index (χ1) is 12.7. The molecule has 0 fully saturated rings. The second-order valence-corrected chi connectivity index (χ2v) is 6.29. The van der Waals surface area contributed by atoms with E-state index in [9.17, 15) is 9.18 Å². The lowest BCUT2D eigenvalue weighted by molar-refractivity contribution is 0.0950. The summed E-state index contributed by atoms with van der Waals surface area (Å²) in [6.45, 7) is 0.0987. The zero-order chi connectivity index (χ0) is 17.9. The standard InChI is InChI=1S/C17H12FN5O2S/c18-11-4-1-3-10(7-11)15-12(8-20-22-15)16(24)19-9-14-21-17(25-23-14)13-5-2-6-26-13/h1-8H,9H2,(H,19,24)(H,20,22). The van der Waals surface area contributed by atoms with Gasteiger partial charge in [-0.15, -0.1) is 11.3 Å². The fourth-order valence-electron chi connectivity index (χ4n) is 2.40. The maximum atomic E-state index is 13.4. The van der Waals surface area contributed by atoms with Crippen LogP contribution in [0.15, 0.2) is 52.5 Å². The Bertz CT molecular complexity index is 1040. The lowest BCUT2D eigenvalue weighted by Crippen LogP contribution is -2.23. The predicted molar refractivity (Wildman–Crippen MR) is 92.8 cm³/mol. The van der Waals surface area contributed by atoms with Gasteiger partial charge < -0.3 is 9.84 Å². The summed E-state index contributed by atoms with van der Waals surface area (Å²) in [7, 11) is 0. The van der Waals surface area contributed by atoms with Gasteiger partial charge in [-0.1, -0.05) is 23.4 Å². The Morgan fingerprint density at radius 1 is 1.31 bits per heavy atom. The Morgan fingerprint density at radius 2 is 2.23 bits per heavy atom. The monoisotopic (exact) mass is 369 g/mol. The van der Waals surface area contributed by atoms with Crippen molar-refractivity contribution < 1.29 is 13.7 Å². The topological polar surface area (TPSA) is 96.7 Å². The molecule has 0 aliphatic carbocycles. The molecule has 0 bridgehead atoms. The van der Waals surface area contributed by atoms with Crippen molar-refractivity contribution in [3.05, 3.63) is 65.2 Å². The van der Waals surface area contributed by atoms with Gasteiger partial charge in [0.25, 0.3) is 11.8 Å². The molecule has 26 heavy (non-hydrogen) atoms. The summed E-state index contributed by atoms with van der Waals surface area (Å²) in [6, 6.07) is 9.69. The number of carbonyl (C=O) groups excluding carboxylic acids is 1. The summed E-state index contributed by atoms with van der Waals surface area (Å²) in [5.41, 5.74) is 1.28. The van der Waals surface area contributed by atoms with Crippen molar-refractivity contribution in [2.75, 3.05) is 0 Å². The smallest absolute Gasteiger partial charge is 0.268 e. The van der Waals surface area contributed by atoms with Crippen molar-refractivity contribution in [3.8, 4) is 22.0 Å². The van der Waals surface area contributed by atoms with E-state index in [0.717, 1.165) is 4.88 Å². The molecular weight excluding hydrogens is 357 g/mol. The Kier molecular flexibility index (Phi) is 4.28. The van der Waals surface area contributed by atoms with Crippen molar-refractivity contribution in [2.24, 2.45) is 0 Å². The molecule has 2 N–H and O–H groups in total. The normalized spacial score (nSPS) is 10.8. The van der Waals surface area contributed by atoms with Crippen LogP contribution in [-0.2, 0) is 6.54 Å². The maximum Gasteiger partial charge on any atom is 0.268 e. The van der Waals surface area contributed by atoms with Crippen molar-refractivity contribution in [1.82, 2.24) is 25.7 Å². The van der Waals surface area contributed by atoms with Crippen LogP contribution in [0.4, 0.5) is 4.39 Å². The van der Waals surface area contributed by atoms with E-state index in [2.05, 4.69) is 25.7 Å². The van der Waals surface area contributed by atoms with Crippen LogP contribution in [-0.4, -0.2) is 26.2 Å². The van der Waals surface area contributed by atoms with Crippen LogP contribution in [0.1, 0.15) is 16.2 Å². The molecule has 0 aliphatic heterocycles. The van der Waals surface area contributed by atoms with E-state index in [1.165, 1.54) is 29.7 Å². The number of hydrogen-bond acceptors (Lipinski definition) is 6. The van der Waals surface area contributed by atoms with Gasteiger partial charge in [0.15, 0.2) is 5.82 Å². The zero-order valence-corrected chi connectivity index (χ0v) is 14.1. The van der Waals surface area contributed by atoms with Crippen LogP contribution in [0.2, 0.25) is 0 Å². The average Bonchev–Trinajstić information content (AvgIpc) is 3.40. The largest absolute Gasteiger partial charge is 0.344 e. The Morgan fingerprint density at radius 3 is 3.04 bits per heavy atom. The number of amides is 1. The minimum atomic E-state index is -0.392. The number of aromatic amines is 1. The number of carbonyl (C=O) groups is 1. The highest BCUT2D eigenvalue weighted by atomic mass is 32.1. The molecular formula is C17H12FN5O2S. The third kappa shape index (κ3) is 3.24. The number of aromatic nitrogens is 4. The molecule has 9 heteroatoms. The Labute approximate surface area is 150 Å². The van der Waals surface area contributed by atoms with E-state index < -0.39 is 5.82 Å². The summed E-state index contributed by atoms with van der Waals surface area (Å²) in [4.78, 5) is 17.5. The first-order valence-corrected chi connectivity index (χ1v) is 8.52. The highest BCUT2D eigenvalue weighted by molar-refractivity contribution is 7.13. The van der Waals surface area contributed by atoms with Crippen LogP contribution >= 0.6 is 11.3 Å². The Balaban J connectivity index is 1.47. The van der Waals surface area contributed by atoms with E-state index in [4.69, 9.17) is 4.52 Å². The van der Waals surface area contributed by atoms with Crippen LogP contribution < -0.4 is 5.32 Å². The molecule has 0 atom stereocenters. The van der Waals surface area contributed by atoms with E-state index in [0.29, 0.717) is 28.5 Å². The summed E-state index contributed by atoms with van der Waals surface area (Å²) >= 11 is 1.49. The van der Waals surface area contributed by atoms with Crippen molar-refractivity contribution in [1.29, 1.82) is 0 Å². The van der Waals surface area contributed by atoms with Gasteiger partial charge in [0.1, 0.15) is 5.82 Å². The van der Waals surface area contributed by atoms with Gasteiger partial charge in [-0.2, -0.15) is 10.1 Å². The molecule has 7 nitrogen and oxygen atoms in total. The fraction of sp³-hybridized carbons (Fsp3) is 0.0588. The Hall–Kier alpha value is -3.33. The first-order valence-electron chi connectivity index (χ1n) is 7.64. The summed E-state index contributed by atoms with van der Waals surface area (Å²) < 4.78 is 18.6. The molecule has 4 aromatic rings. The predicted octanol–water partition coefficient (Wildman–Crippen LogP) is 3.26. The minimum Gasteiger partial charge on any atom is -0.344 e. The van der Waals surface area contributed by atoms with Gasteiger partial charge in [0, 0.05) is 5.56 Å². The summed E-state index contributed by atoms with van der Waals surface area (Å²) in [6.07, 6.45) is 1.39. The molecule has 0 spiro atoms. The van der Waals surface area contributed by atoms with Gasteiger partial charge in [-0.3, -0.25) is 9.89 Å². The van der Waals surface area contributed by atoms with Crippen molar-refractivity contribution >= 4 is 17.2 Å². The van der Waals surface area contributed by atoms with Crippen molar-refractivity contribution in [2.45, 2.75) is 6.54 Å². The highest BCUT2D eigenvalue weighted by Gasteiger charge is 2.17. The highest BCUT2D eigenvalue weighted by Crippen LogP contribution is 2.23. The number of benzene rings is 1. The first kappa shape index (κ1) is 16.2. The lowest BCUT2D eigenvalue weighted by atomic mass is 10.1. The number of halogens is 1. The molecule has 0 saturated carbocycles. The summed E-state index contributed by atoms with van der Waals surface area (Å²) in [5.74, 6) is 0.00223. The number of nitrogens with one attached hydrogen (secondary N) is 2. The molecule has 4 rings (SSSR count). The number of rotatable bonds is 5. The molecule has 130 valence electrons. The van der Waals surface area contributed by atoms with Crippen molar-refractivity contribution in [3.63, 3.8) is 0 Å². The van der Waals surface area contributed by atoms with E-state index >= 15 is 0 Å². The number of H-pyrrole nitrogens is 1. The van der Waals surface area contributed by atoms with E-state index in [-0.39, 0.29) is 12.5 Å². The van der Waals surface area contributed by atoms with Crippen LogP contribution in [0, 0.1) is 5.82 Å². The van der Waals surface area contributed by atoms with Crippen LogP contribution in [0.25, 0.3) is 22.0 Å². The van der Waals surface area contributed by atoms with Gasteiger partial charge in [-0.05, 0) is 23.6 Å². The quantitative estimate of drug-likeness (QED) is 0.563. The number of nitrogens with zero attached hydrogens (tertiary/aromatic N) is 3. The third-order valence-corrected chi connectivity index (χ3v) is 4.46. The molecule has 0 unspecified atom stereocenters. The fourth-order valence-corrected chi connectivity index (χ4v) is 3.05. The second-order valence-electron chi connectivity index (χ2n) is 5.34. The molecule has 0 aliphatic rings. The third-order valence-electron chi connectivity index (χ3n) is 3.60. The van der Waals surface area contributed by atoms with E-state index in [1.54, 1.807) is 12.1 Å². The van der Waals surface area contributed by atoms with E-state index in [1.807, 2.05) is 17.5 Å². The van der Waals surface area contributed by atoms with Gasteiger partial charge in [0.05, 0.1) is 28.9 Å². The minimum absolute atomic E-state index is 0.0987. The number of hydrogen-bond donors (Lipinski definition) is 2. The molecule has 1 aromatic carbocycles. The molecule has 1 amide bonds. The lowest BCUT2D eigenvalue weighted by Gasteiger charge is -2.04. The van der Waals surface area contributed by atoms with Gasteiger partial charge in [-0.25, -0.2) is 4.39 Å². The van der Waals surface area contributed by atoms with Crippen LogP contribution in [0.5, 0.6) is 0 Å². The molecule has 0 radical (unpaired) electrons. The average molecular weight is 369 g/mol. The summed E-state index contributed by atoms with van der Waals surface area (Å²) in [5, 5.41) is 15.1. The molecule has 0 saturated heterocycles. The molecule has 3 heterocycles. The molecule has 3 aromatic heterocycles. The zero-order valence-electron chi connectivity index (χ0n) is 13.3. The SMILES string of the molecule is O=C(NCc1noc(-c2cccs2)n1)c1cn[nH]c1-c1cccc(F)c1. The van der Waals surface area contributed by atoms with Gasteiger partial charge >= 0.3 is 0 Å². The van der Waals surface area contributed by atoms with Gasteiger partial charge in [0.2, 0.25) is 0 Å². The van der Waals surface area contributed by atoms with Crippen LogP contribution in [0.3, 0.4) is 0 Å². The second kappa shape index (κ2) is 6.89. The maximum absolute atomic E-state index is 13.4.